The fraction of sp³-hybridized carbons (Fsp3) is 0.174. The maximum Gasteiger partial charge on any atom is 0.271 e. The van der Waals surface area contributed by atoms with E-state index in [9.17, 15) is 9.59 Å². The number of aromatic nitrogens is 2. The molecule has 4 aromatic rings. The SMILES string of the molecule is CCc1cccc(NC(=O)CSc2nc3c(-c4ccccc4)csc3c(=O)n2C)c1. The Morgan fingerprint density at radius 1 is 1.17 bits per heavy atom. The van der Waals surface area contributed by atoms with E-state index in [0.717, 1.165) is 23.2 Å². The van der Waals surface area contributed by atoms with Crippen LogP contribution in [0.5, 0.6) is 0 Å². The number of rotatable bonds is 6. The van der Waals surface area contributed by atoms with Gasteiger partial charge in [0.15, 0.2) is 5.16 Å². The molecule has 152 valence electrons. The minimum atomic E-state index is -0.129. The van der Waals surface area contributed by atoms with Crippen molar-refractivity contribution in [3.05, 3.63) is 75.9 Å². The average Bonchev–Trinajstić information content (AvgIpc) is 3.20. The molecule has 0 spiro atoms. The van der Waals surface area contributed by atoms with Gasteiger partial charge in [-0.2, -0.15) is 0 Å². The van der Waals surface area contributed by atoms with Gasteiger partial charge in [0.05, 0.1) is 11.3 Å². The van der Waals surface area contributed by atoms with Crippen LogP contribution in [0, 0.1) is 0 Å². The quantitative estimate of drug-likeness (QED) is 0.344. The van der Waals surface area contributed by atoms with Gasteiger partial charge in [0.1, 0.15) is 4.70 Å². The van der Waals surface area contributed by atoms with Crippen molar-refractivity contribution in [1.29, 1.82) is 0 Å². The van der Waals surface area contributed by atoms with Gasteiger partial charge in [0, 0.05) is 23.7 Å². The van der Waals surface area contributed by atoms with E-state index in [4.69, 9.17) is 4.98 Å². The number of nitrogens with one attached hydrogen (secondary N) is 1. The van der Waals surface area contributed by atoms with Gasteiger partial charge < -0.3 is 5.32 Å². The van der Waals surface area contributed by atoms with Crippen molar-refractivity contribution in [3.63, 3.8) is 0 Å². The molecule has 5 nitrogen and oxygen atoms in total. The summed E-state index contributed by atoms with van der Waals surface area (Å²) in [6, 6.07) is 17.7. The molecule has 4 rings (SSSR count). The highest BCUT2D eigenvalue weighted by Crippen LogP contribution is 2.32. The number of thioether (sulfide) groups is 1. The monoisotopic (exact) mass is 435 g/mol. The van der Waals surface area contributed by atoms with Crippen LogP contribution in [0.2, 0.25) is 0 Å². The van der Waals surface area contributed by atoms with E-state index in [-0.39, 0.29) is 17.2 Å². The van der Waals surface area contributed by atoms with E-state index in [0.29, 0.717) is 15.4 Å². The number of benzene rings is 2. The highest BCUT2D eigenvalue weighted by Gasteiger charge is 2.16. The molecule has 0 fully saturated rings. The Morgan fingerprint density at radius 3 is 2.73 bits per heavy atom. The third-order valence-electron chi connectivity index (χ3n) is 4.79. The summed E-state index contributed by atoms with van der Waals surface area (Å²) in [6.45, 7) is 2.08. The van der Waals surface area contributed by atoms with Crippen LogP contribution in [0.15, 0.2) is 69.9 Å². The molecule has 0 radical (unpaired) electrons. The summed E-state index contributed by atoms with van der Waals surface area (Å²) in [5, 5.41) is 5.41. The second-order valence-electron chi connectivity index (χ2n) is 6.84. The van der Waals surface area contributed by atoms with Crippen molar-refractivity contribution in [2.75, 3.05) is 11.1 Å². The minimum Gasteiger partial charge on any atom is -0.325 e. The Balaban J connectivity index is 1.57. The summed E-state index contributed by atoms with van der Waals surface area (Å²) < 4.78 is 2.14. The maximum absolute atomic E-state index is 12.8. The van der Waals surface area contributed by atoms with Gasteiger partial charge in [-0.1, -0.05) is 61.2 Å². The number of aryl methyl sites for hydroxylation is 1. The van der Waals surface area contributed by atoms with E-state index in [1.54, 1.807) is 7.05 Å². The Kier molecular flexibility index (Phi) is 6.01. The molecular weight excluding hydrogens is 414 g/mol. The van der Waals surface area contributed by atoms with Crippen LogP contribution in [0.4, 0.5) is 5.69 Å². The van der Waals surface area contributed by atoms with Gasteiger partial charge >= 0.3 is 0 Å². The predicted octanol–water partition coefficient (Wildman–Crippen LogP) is 4.96. The third-order valence-corrected chi connectivity index (χ3v) is 6.78. The minimum absolute atomic E-state index is 0.0919. The van der Waals surface area contributed by atoms with E-state index in [2.05, 4.69) is 12.2 Å². The van der Waals surface area contributed by atoms with E-state index in [1.807, 2.05) is 60.0 Å². The number of hydrogen-bond acceptors (Lipinski definition) is 5. The van der Waals surface area contributed by atoms with Crippen molar-refractivity contribution in [1.82, 2.24) is 9.55 Å². The first kappa shape index (κ1) is 20.4. The number of thiophene rings is 1. The second kappa shape index (κ2) is 8.85. The van der Waals surface area contributed by atoms with Crippen LogP contribution < -0.4 is 10.9 Å². The van der Waals surface area contributed by atoms with Gasteiger partial charge in [-0.15, -0.1) is 11.3 Å². The Hall–Kier alpha value is -2.90. The number of carbonyl (C=O) groups is 1. The van der Waals surface area contributed by atoms with E-state index in [1.165, 1.54) is 33.2 Å². The lowest BCUT2D eigenvalue weighted by molar-refractivity contribution is -0.113. The normalized spacial score (nSPS) is 11.0. The number of anilines is 1. The highest BCUT2D eigenvalue weighted by atomic mass is 32.2. The largest absolute Gasteiger partial charge is 0.325 e. The number of nitrogens with zero attached hydrogens (tertiary/aromatic N) is 2. The number of amides is 1. The van der Waals surface area contributed by atoms with Crippen molar-refractivity contribution in [3.8, 4) is 11.1 Å². The molecule has 1 amide bonds. The van der Waals surface area contributed by atoms with Crippen molar-refractivity contribution >= 4 is 44.9 Å². The Labute approximate surface area is 182 Å². The standard InChI is InChI=1S/C23H21N3O2S2/c1-3-15-8-7-11-17(12-15)24-19(27)14-30-23-25-20-18(16-9-5-4-6-10-16)13-29-21(20)22(28)26(23)2/h4-13H,3,14H2,1-2H3,(H,24,27). The lowest BCUT2D eigenvalue weighted by Crippen LogP contribution is -2.20. The molecule has 30 heavy (non-hydrogen) atoms. The number of hydrogen-bond donors (Lipinski definition) is 1. The zero-order chi connectivity index (χ0) is 21.1. The molecule has 0 saturated heterocycles. The fourth-order valence-electron chi connectivity index (χ4n) is 3.17. The van der Waals surface area contributed by atoms with Crippen LogP contribution in [-0.4, -0.2) is 21.2 Å². The molecule has 0 saturated carbocycles. The zero-order valence-electron chi connectivity index (χ0n) is 16.7. The number of carbonyl (C=O) groups excluding carboxylic acids is 1. The third kappa shape index (κ3) is 4.17. The molecule has 7 heteroatoms. The average molecular weight is 436 g/mol. The van der Waals surface area contributed by atoms with Crippen molar-refractivity contribution < 1.29 is 4.79 Å². The van der Waals surface area contributed by atoms with Crippen molar-refractivity contribution in [2.45, 2.75) is 18.5 Å². The lowest BCUT2D eigenvalue weighted by Gasteiger charge is -2.09. The van der Waals surface area contributed by atoms with Crippen LogP contribution in [-0.2, 0) is 18.3 Å². The smallest absolute Gasteiger partial charge is 0.271 e. The van der Waals surface area contributed by atoms with Gasteiger partial charge in [0.25, 0.3) is 5.56 Å². The summed E-state index contributed by atoms with van der Waals surface area (Å²) in [4.78, 5) is 30.0. The number of fused-ring (bicyclic) bond motifs is 1. The Bertz CT molecular complexity index is 1260. The van der Waals surface area contributed by atoms with Crippen molar-refractivity contribution in [2.24, 2.45) is 7.05 Å². The molecule has 2 heterocycles. The van der Waals surface area contributed by atoms with Crippen LogP contribution >= 0.6 is 23.1 Å². The zero-order valence-corrected chi connectivity index (χ0v) is 18.3. The predicted molar refractivity (Wildman–Crippen MR) is 125 cm³/mol. The molecule has 0 atom stereocenters. The first-order valence-electron chi connectivity index (χ1n) is 9.62. The molecule has 2 aromatic carbocycles. The topological polar surface area (TPSA) is 64.0 Å². The van der Waals surface area contributed by atoms with Crippen LogP contribution in [0.3, 0.4) is 0 Å². The first-order valence-corrected chi connectivity index (χ1v) is 11.5. The maximum atomic E-state index is 12.8. The molecule has 0 aliphatic carbocycles. The van der Waals surface area contributed by atoms with Crippen LogP contribution in [0.1, 0.15) is 12.5 Å². The summed E-state index contributed by atoms with van der Waals surface area (Å²) in [7, 11) is 1.70. The van der Waals surface area contributed by atoms with Crippen LogP contribution in [0.25, 0.3) is 21.3 Å². The Morgan fingerprint density at radius 2 is 1.97 bits per heavy atom. The fourth-order valence-corrected chi connectivity index (χ4v) is 4.93. The van der Waals surface area contributed by atoms with Gasteiger partial charge in [-0.25, -0.2) is 4.98 Å². The highest BCUT2D eigenvalue weighted by molar-refractivity contribution is 7.99. The molecule has 0 aliphatic heterocycles. The molecule has 0 unspecified atom stereocenters. The summed E-state index contributed by atoms with van der Waals surface area (Å²) in [5.74, 6) is 0.0450. The lowest BCUT2D eigenvalue weighted by atomic mass is 10.1. The van der Waals surface area contributed by atoms with Gasteiger partial charge in [0.2, 0.25) is 5.91 Å². The summed E-state index contributed by atoms with van der Waals surface area (Å²) in [5.41, 5.74) is 4.51. The van der Waals surface area contributed by atoms with E-state index >= 15 is 0 Å². The molecular formula is C23H21N3O2S2. The molecule has 1 N–H and O–H groups in total. The molecule has 0 bridgehead atoms. The molecule has 0 aliphatic rings. The summed E-state index contributed by atoms with van der Waals surface area (Å²) >= 11 is 2.67. The van der Waals surface area contributed by atoms with Gasteiger partial charge in [-0.3, -0.25) is 14.2 Å². The first-order chi connectivity index (χ1) is 14.6. The molecule has 2 aromatic heterocycles. The van der Waals surface area contributed by atoms with E-state index < -0.39 is 0 Å². The van der Waals surface area contributed by atoms with Gasteiger partial charge in [-0.05, 0) is 29.7 Å². The summed E-state index contributed by atoms with van der Waals surface area (Å²) in [6.07, 6.45) is 0.912. The second-order valence-corrected chi connectivity index (χ2v) is 8.66.